The lowest BCUT2D eigenvalue weighted by Gasteiger charge is -2.18. The van der Waals surface area contributed by atoms with Gasteiger partial charge in [0, 0.05) is 0 Å². The average molecular weight is 403 g/mol. The third kappa shape index (κ3) is 6.11. The first-order valence-corrected chi connectivity index (χ1v) is 10.6. The molecular formula is C19H22N4O2S2. The van der Waals surface area contributed by atoms with Gasteiger partial charge in [0.25, 0.3) is 0 Å². The van der Waals surface area contributed by atoms with E-state index in [1.165, 1.54) is 23.1 Å². The van der Waals surface area contributed by atoms with Crippen LogP contribution in [0.25, 0.3) is 0 Å². The van der Waals surface area contributed by atoms with Gasteiger partial charge in [-0.05, 0) is 24.1 Å². The number of hydrogen-bond acceptors (Lipinski definition) is 7. The molecule has 1 amide bonds. The SMILES string of the molecule is CCC[C@H](NC(=O)CSc1nnc(NCc2ccco2)s1)c1ccccc1. The summed E-state index contributed by atoms with van der Waals surface area (Å²) < 4.78 is 6.03. The van der Waals surface area contributed by atoms with Crippen molar-refractivity contribution in [3.8, 4) is 0 Å². The van der Waals surface area contributed by atoms with Gasteiger partial charge in [0.1, 0.15) is 5.76 Å². The van der Waals surface area contributed by atoms with Gasteiger partial charge < -0.3 is 15.1 Å². The lowest BCUT2D eigenvalue weighted by Crippen LogP contribution is -2.29. The molecule has 6 nitrogen and oxygen atoms in total. The van der Waals surface area contributed by atoms with Crippen molar-refractivity contribution in [2.45, 2.75) is 36.7 Å². The van der Waals surface area contributed by atoms with Gasteiger partial charge >= 0.3 is 0 Å². The summed E-state index contributed by atoms with van der Waals surface area (Å²) in [5.41, 5.74) is 1.14. The fourth-order valence-electron chi connectivity index (χ4n) is 2.57. The molecule has 0 unspecified atom stereocenters. The molecule has 1 aromatic carbocycles. The molecule has 0 fully saturated rings. The van der Waals surface area contributed by atoms with Gasteiger partial charge in [-0.15, -0.1) is 10.2 Å². The van der Waals surface area contributed by atoms with E-state index < -0.39 is 0 Å². The van der Waals surface area contributed by atoms with Crippen LogP contribution in [0.2, 0.25) is 0 Å². The number of benzene rings is 1. The maximum absolute atomic E-state index is 12.4. The molecule has 27 heavy (non-hydrogen) atoms. The second-order valence-corrected chi connectivity index (χ2v) is 8.11. The van der Waals surface area contributed by atoms with Crippen LogP contribution < -0.4 is 10.6 Å². The van der Waals surface area contributed by atoms with E-state index in [2.05, 4.69) is 39.9 Å². The largest absolute Gasteiger partial charge is 0.467 e. The zero-order valence-electron chi connectivity index (χ0n) is 15.1. The number of thioether (sulfide) groups is 1. The van der Waals surface area contributed by atoms with E-state index in [1.807, 2.05) is 30.3 Å². The molecule has 2 heterocycles. The summed E-state index contributed by atoms with van der Waals surface area (Å²) in [7, 11) is 0. The van der Waals surface area contributed by atoms with E-state index >= 15 is 0 Å². The maximum Gasteiger partial charge on any atom is 0.230 e. The highest BCUT2D eigenvalue weighted by molar-refractivity contribution is 8.01. The Morgan fingerprint density at radius 1 is 1.22 bits per heavy atom. The number of hydrogen-bond donors (Lipinski definition) is 2. The van der Waals surface area contributed by atoms with Crippen molar-refractivity contribution in [2.24, 2.45) is 0 Å². The molecule has 0 saturated carbocycles. The van der Waals surface area contributed by atoms with Gasteiger partial charge in [-0.25, -0.2) is 0 Å². The predicted octanol–water partition coefficient (Wildman–Crippen LogP) is 4.49. The number of anilines is 1. The van der Waals surface area contributed by atoms with Gasteiger partial charge in [0.2, 0.25) is 11.0 Å². The number of furan rings is 1. The fourth-order valence-corrected chi connectivity index (χ4v) is 4.13. The maximum atomic E-state index is 12.4. The van der Waals surface area contributed by atoms with Gasteiger partial charge in [-0.1, -0.05) is 66.8 Å². The molecule has 3 rings (SSSR count). The minimum Gasteiger partial charge on any atom is -0.467 e. The average Bonchev–Trinajstić information content (AvgIpc) is 3.37. The minimum atomic E-state index is 0.00241. The van der Waals surface area contributed by atoms with Crippen LogP contribution in [0.5, 0.6) is 0 Å². The zero-order chi connectivity index (χ0) is 18.9. The lowest BCUT2D eigenvalue weighted by atomic mass is 10.0. The van der Waals surface area contributed by atoms with Gasteiger partial charge in [-0.3, -0.25) is 4.79 Å². The Hall–Kier alpha value is -2.32. The molecule has 8 heteroatoms. The summed E-state index contributed by atoms with van der Waals surface area (Å²) in [5.74, 6) is 1.16. The highest BCUT2D eigenvalue weighted by Gasteiger charge is 2.15. The zero-order valence-corrected chi connectivity index (χ0v) is 16.7. The van der Waals surface area contributed by atoms with Gasteiger partial charge in [0.15, 0.2) is 4.34 Å². The Morgan fingerprint density at radius 2 is 2.07 bits per heavy atom. The van der Waals surface area contributed by atoms with E-state index in [0.717, 1.165) is 28.5 Å². The molecule has 0 spiro atoms. The van der Waals surface area contributed by atoms with Crippen molar-refractivity contribution in [2.75, 3.05) is 11.1 Å². The first-order valence-electron chi connectivity index (χ1n) is 8.81. The summed E-state index contributed by atoms with van der Waals surface area (Å²) in [6, 6.07) is 13.9. The molecule has 0 bridgehead atoms. The highest BCUT2D eigenvalue weighted by atomic mass is 32.2. The summed E-state index contributed by atoms with van der Waals surface area (Å²) in [4.78, 5) is 12.4. The second-order valence-electron chi connectivity index (χ2n) is 5.91. The number of nitrogens with one attached hydrogen (secondary N) is 2. The van der Waals surface area contributed by atoms with Crippen LogP contribution in [0, 0.1) is 0 Å². The molecular weight excluding hydrogens is 380 g/mol. The van der Waals surface area contributed by atoms with Crippen molar-refractivity contribution in [1.82, 2.24) is 15.5 Å². The van der Waals surface area contributed by atoms with Crippen LogP contribution in [0.15, 0.2) is 57.5 Å². The third-order valence-corrected chi connectivity index (χ3v) is 5.86. The van der Waals surface area contributed by atoms with E-state index in [1.54, 1.807) is 6.26 Å². The first kappa shape index (κ1) is 19.4. The molecule has 142 valence electrons. The molecule has 0 aliphatic carbocycles. The monoisotopic (exact) mass is 402 g/mol. The number of amides is 1. The second kappa shape index (κ2) is 10.1. The smallest absolute Gasteiger partial charge is 0.230 e. The summed E-state index contributed by atoms with van der Waals surface area (Å²) in [6.45, 7) is 2.68. The van der Waals surface area contributed by atoms with E-state index in [4.69, 9.17) is 4.42 Å². The normalized spacial score (nSPS) is 11.9. The number of carbonyl (C=O) groups excluding carboxylic acids is 1. The number of carbonyl (C=O) groups is 1. The predicted molar refractivity (Wildman–Crippen MR) is 109 cm³/mol. The molecule has 0 aliphatic rings. The number of nitrogens with zero attached hydrogens (tertiary/aromatic N) is 2. The molecule has 0 radical (unpaired) electrons. The summed E-state index contributed by atoms with van der Waals surface area (Å²) >= 11 is 2.83. The third-order valence-electron chi connectivity index (χ3n) is 3.84. The molecule has 0 aliphatic heterocycles. The Kier molecular flexibility index (Phi) is 7.29. The molecule has 2 aromatic heterocycles. The van der Waals surface area contributed by atoms with Gasteiger partial charge in [-0.2, -0.15) is 0 Å². The van der Waals surface area contributed by atoms with Crippen LogP contribution in [0.4, 0.5) is 5.13 Å². The molecule has 2 N–H and O–H groups in total. The van der Waals surface area contributed by atoms with Crippen molar-refractivity contribution >= 4 is 34.1 Å². The Bertz CT molecular complexity index is 821. The van der Waals surface area contributed by atoms with Crippen LogP contribution >= 0.6 is 23.1 Å². The highest BCUT2D eigenvalue weighted by Crippen LogP contribution is 2.26. The fraction of sp³-hybridized carbons (Fsp3) is 0.316. The van der Waals surface area contributed by atoms with Gasteiger partial charge in [0.05, 0.1) is 24.6 Å². The summed E-state index contributed by atoms with van der Waals surface area (Å²) in [6.07, 6.45) is 3.56. The molecule has 1 atom stereocenters. The quantitative estimate of drug-likeness (QED) is 0.486. The lowest BCUT2D eigenvalue weighted by molar-refractivity contribution is -0.119. The van der Waals surface area contributed by atoms with Crippen LogP contribution in [0.3, 0.4) is 0 Å². The van der Waals surface area contributed by atoms with E-state index in [-0.39, 0.29) is 11.9 Å². The van der Waals surface area contributed by atoms with Crippen LogP contribution in [-0.4, -0.2) is 21.9 Å². The van der Waals surface area contributed by atoms with Crippen molar-refractivity contribution in [1.29, 1.82) is 0 Å². The van der Waals surface area contributed by atoms with E-state index in [9.17, 15) is 4.79 Å². The van der Waals surface area contributed by atoms with Crippen molar-refractivity contribution < 1.29 is 9.21 Å². The first-order chi connectivity index (χ1) is 13.2. The van der Waals surface area contributed by atoms with Crippen LogP contribution in [-0.2, 0) is 11.3 Å². The standard InChI is InChI=1S/C19H22N4O2S2/c1-2-7-16(14-8-4-3-5-9-14)21-17(24)13-26-19-23-22-18(27-19)20-12-15-10-6-11-25-15/h3-6,8-11,16H,2,7,12-13H2,1H3,(H,20,22)(H,21,24)/t16-/m0/s1. The Morgan fingerprint density at radius 3 is 2.81 bits per heavy atom. The Balaban J connectivity index is 1.47. The van der Waals surface area contributed by atoms with Crippen molar-refractivity contribution in [3.63, 3.8) is 0 Å². The summed E-state index contributed by atoms with van der Waals surface area (Å²) in [5, 5.41) is 15.2. The molecule has 3 aromatic rings. The Labute approximate surface area is 166 Å². The number of rotatable bonds is 10. The topological polar surface area (TPSA) is 80.0 Å². The minimum absolute atomic E-state index is 0.00241. The number of aromatic nitrogens is 2. The van der Waals surface area contributed by atoms with Crippen molar-refractivity contribution in [3.05, 3.63) is 60.1 Å². The van der Waals surface area contributed by atoms with E-state index in [0.29, 0.717) is 17.4 Å². The molecule has 0 saturated heterocycles. The van der Waals surface area contributed by atoms with Crippen LogP contribution in [0.1, 0.15) is 37.1 Å².